The fraction of sp³-hybridized carbons (Fsp3) is 0.538. The smallest absolute Gasteiger partial charge is 0.265 e. The first kappa shape index (κ1) is 14.9. The zero-order chi connectivity index (χ0) is 14.7. The molecule has 0 unspecified atom stereocenters. The van der Waals surface area contributed by atoms with Crippen LogP contribution < -0.4 is 11.1 Å². The molecule has 0 saturated carbocycles. The van der Waals surface area contributed by atoms with Crippen LogP contribution >= 0.6 is 11.9 Å². The molecule has 1 aliphatic heterocycles. The van der Waals surface area contributed by atoms with E-state index in [9.17, 15) is 9.59 Å². The van der Waals surface area contributed by atoms with Crippen molar-refractivity contribution in [3.05, 3.63) is 18.0 Å². The molecule has 2 amide bonds. The third kappa shape index (κ3) is 3.34. The lowest BCUT2D eigenvalue weighted by molar-refractivity contribution is -0.125. The number of aromatic nitrogens is 1. The molecule has 2 rings (SSSR count). The number of amides is 2. The molecule has 0 radical (unpaired) electrons. The molecule has 1 fully saturated rings. The minimum atomic E-state index is -0.419. The molecule has 20 heavy (non-hydrogen) atoms. The molecule has 0 atom stereocenters. The SMILES string of the molecule is CNC(=O)C1CCN(Sc2cc(C(N)=O)n(C)c2)CC1. The number of rotatable bonds is 4. The van der Waals surface area contributed by atoms with Crippen LogP contribution in [0.25, 0.3) is 0 Å². The highest BCUT2D eigenvalue weighted by Gasteiger charge is 2.25. The molecule has 0 bridgehead atoms. The second kappa shape index (κ2) is 6.32. The van der Waals surface area contributed by atoms with E-state index >= 15 is 0 Å². The molecular formula is C13H20N4O2S. The molecule has 1 aromatic rings. The van der Waals surface area contributed by atoms with Crippen molar-refractivity contribution in [2.45, 2.75) is 17.7 Å². The van der Waals surface area contributed by atoms with Gasteiger partial charge in [-0.1, -0.05) is 0 Å². The van der Waals surface area contributed by atoms with E-state index in [0.29, 0.717) is 5.69 Å². The van der Waals surface area contributed by atoms with E-state index in [1.165, 1.54) is 0 Å². The van der Waals surface area contributed by atoms with E-state index in [-0.39, 0.29) is 11.8 Å². The number of piperidine rings is 1. The minimum absolute atomic E-state index is 0.119. The summed E-state index contributed by atoms with van der Waals surface area (Å²) in [6.45, 7) is 1.73. The van der Waals surface area contributed by atoms with Crippen molar-refractivity contribution in [2.75, 3.05) is 20.1 Å². The lowest BCUT2D eigenvalue weighted by Crippen LogP contribution is -2.36. The van der Waals surface area contributed by atoms with Crippen LogP contribution in [0.5, 0.6) is 0 Å². The van der Waals surface area contributed by atoms with E-state index in [0.717, 1.165) is 30.8 Å². The molecule has 2 heterocycles. The van der Waals surface area contributed by atoms with Gasteiger partial charge in [-0.05, 0) is 30.9 Å². The van der Waals surface area contributed by atoms with Gasteiger partial charge < -0.3 is 15.6 Å². The number of hydrogen-bond acceptors (Lipinski definition) is 4. The Kier molecular flexibility index (Phi) is 4.72. The average Bonchev–Trinajstić information content (AvgIpc) is 2.79. The number of nitrogens with one attached hydrogen (secondary N) is 1. The maximum atomic E-state index is 11.6. The van der Waals surface area contributed by atoms with E-state index < -0.39 is 5.91 Å². The third-order valence-electron chi connectivity index (χ3n) is 3.54. The number of nitrogens with zero attached hydrogens (tertiary/aromatic N) is 2. The van der Waals surface area contributed by atoms with Gasteiger partial charge in [-0.3, -0.25) is 9.59 Å². The molecule has 110 valence electrons. The first-order valence-electron chi connectivity index (χ1n) is 6.62. The average molecular weight is 296 g/mol. The van der Waals surface area contributed by atoms with Crippen molar-refractivity contribution in [2.24, 2.45) is 18.7 Å². The van der Waals surface area contributed by atoms with E-state index in [4.69, 9.17) is 5.73 Å². The predicted octanol–water partition coefficient (Wildman–Crippen LogP) is 0.589. The first-order chi connectivity index (χ1) is 9.51. The maximum absolute atomic E-state index is 11.6. The van der Waals surface area contributed by atoms with E-state index in [1.54, 1.807) is 29.6 Å². The molecule has 3 N–H and O–H groups in total. The van der Waals surface area contributed by atoms with Gasteiger partial charge >= 0.3 is 0 Å². The quantitative estimate of drug-likeness (QED) is 0.797. The van der Waals surface area contributed by atoms with Gasteiger partial charge in [0, 0.05) is 44.2 Å². The van der Waals surface area contributed by atoms with Gasteiger partial charge in [0.2, 0.25) is 5.91 Å². The number of aryl methyl sites for hydroxylation is 1. The van der Waals surface area contributed by atoms with Crippen molar-refractivity contribution < 1.29 is 9.59 Å². The molecule has 1 aliphatic rings. The second-order valence-electron chi connectivity index (χ2n) is 4.95. The van der Waals surface area contributed by atoms with Gasteiger partial charge in [0.15, 0.2) is 0 Å². The van der Waals surface area contributed by atoms with Crippen LogP contribution in [0.15, 0.2) is 17.2 Å². The Morgan fingerprint density at radius 2 is 2.05 bits per heavy atom. The summed E-state index contributed by atoms with van der Waals surface area (Å²) in [5.41, 5.74) is 5.81. The van der Waals surface area contributed by atoms with Crippen LogP contribution in [-0.2, 0) is 11.8 Å². The Balaban J connectivity index is 1.91. The standard InChI is InChI=1S/C13H20N4O2S/c1-15-13(19)9-3-5-17(6-4-9)20-10-7-11(12(14)18)16(2)8-10/h7-9H,3-6H2,1-2H3,(H2,14,18)(H,15,19). The van der Waals surface area contributed by atoms with Crippen LogP contribution in [0.1, 0.15) is 23.3 Å². The summed E-state index contributed by atoms with van der Waals surface area (Å²) >= 11 is 1.61. The Hall–Kier alpha value is -1.47. The lowest BCUT2D eigenvalue weighted by atomic mass is 9.97. The lowest BCUT2D eigenvalue weighted by Gasteiger charge is -2.29. The summed E-state index contributed by atoms with van der Waals surface area (Å²) in [7, 11) is 3.49. The van der Waals surface area contributed by atoms with Gasteiger partial charge in [0.25, 0.3) is 5.91 Å². The van der Waals surface area contributed by atoms with Gasteiger partial charge in [-0.15, -0.1) is 0 Å². The zero-order valence-corrected chi connectivity index (χ0v) is 12.6. The molecule has 1 aromatic heterocycles. The maximum Gasteiger partial charge on any atom is 0.265 e. The van der Waals surface area contributed by atoms with Gasteiger partial charge in [0.05, 0.1) is 0 Å². The Labute approximate surface area is 122 Å². The van der Waals surface area contributed by atoms with Crippen molar-refractivity contribution >= 4 is 23.8 Å². The van der Waals surface area contributed by atoms with E-state index in [2.05, 4.69) is 9.62 Å². The summed E-state index contributed by atoms with van der Waals surface area (Å²) in [5, 5.41) is 2.70. The normalized spacial score (nSPS) is 17.1. The third-order valence-corrected chi connectivity index (χ3v) is 4.60. The number of nitrogens with two attached hydrogens (primary N) is 1. The molecule has 0 aliphatic carbocycles. The number of carbonyl (C=O) groups is 2. The van der Waals surface area contributed by atoms with Crippen molar-refractivity contribution in [3.63, 3.8) is 0 Å². The number of carbonyl (C=O) groups excluding carboxylic acids is 2. The van der Waals surface area contributed by atoms with Gasteiger partial charge in [-0.2, -0.15) is 0 Å². The highest BCUT2D eigenvalue weighted by molar-refractivity contribution is 7.97. The van der Waals surface area contributed by atoms with Crippen molar-refractivity contribution in [3.8, 4) is 0 Å². The fourth-order valence-corrected chi connectivity index (χ4v) is 3.45. The van der Waals surface area contributed by atoms with Crippen LogP contribution in [0.4, 0.5) is 0 Å². The summed E-state index contributed by atoms with van der Waals surface area (Å²) in [4.78, 5) is 23.8. The number of primary amides is 1. The summed E-state index contributed by atoms with van der Waals surface area (Å²) in [6, 6.07) is 1.80. The van der Waals surface area contributed by atoms with Crippen LogP contribution in [-0.4, -0.2) is 40.8 Å². The molecular weight excluding hydrogens is 276 g/mol. The van der Waals surface area contributed by atoms with Crippen LogP contribution in [0.3, 0.4) is 0 Å². The molecule has 0 aromatic carbocycles. The zero-order valence-electron chi connectivity index (χ0n) is 11.8. The molecule has 0 spiro atoms. The fourth-order valence-electron chi connectivity index (χ4n) is 2.39. The Bertz CT molecular complexity index is 506. The van der Waals surface area contributed by atoms with Gasteiger partial charge in [0.1, 0.15) is 5.69 Å². The van der Waals surface area contributed by atoms with Gasteiger partial charge in [-0.25, -0.2) is 4.31 Å². The highest BCUT2D eigenvalue weighted by atomic mass is 32.2. The van der Waals surface area contributed by atoms with Crippen molar-refractivity contribution in [1.82, 2.24) is 14.2 Å². The van der Waals surface area contributed by atoms with Crippen LogP contribution in [0.2, 0.25) is 0 Å². The summed E-state index contributed by atoms with van der Waals surface area (Å²) in [6.07, 6.45) is 3.62. The van der Waals surface area contributed by atoms with Crippen LogP contribution in [0, 0.1) is 5.92 Å². The second-order valence-corrected chi connectivity index (χ2v) is 6.12. The Morgan fingerprint density at radius 3 is 2.55 bits per heavy atom. The summed E-state index contributed by atoms with van der Waals surface area (Å²) < 4.78 is 3.96. The summed E-state index contributed by atoms with van der Waals surface area (Å²) in [5.74, 6) is -0.170. The monoisotopic (exact) mass is 296 g/mol. The number of hydrogen-bond donors (Lipinski definition) is 2. The van der Waals surface area contributed by atoms with Crippen molar-refractivity contribution in [1.29, 1.82) is 0 Å². The van der Waals surface area contributed by atoms with E-state index in [1.807, 2.05) is 13.2 Å². The first-order valence-corrected chi connectivity index (χ1v) is 7.39. The topological polar surface area (TPSA) is 80.4 Å². The largest absolute Gasteiger partial charge is 0.364 e. The minimum Gasteiger partial charge on any atom is -0.364 e. The predicted molar refractivity (Wildman–Crippen MR) is 78.2 cm³/mol. The molecule has 6 nitrogen and oxygen atoms in total. The Morgan fingerprint density at radius 1 is 1.40 bits per heavy atom. The highest BCUT2D eigenvalue weighted by Crippen LogP contribution is 2.29. The molecule has 1 saturated heterocycles. The molecule has 7 heteroatoms.